The lowest BCUT2D eigenvalue weighted by molar-refractivity contribution is -0.140. The van der Waals surface area contributed by atoms with E-state index in [1.54, 1.807) is 0 Å². The molecule has 0 aliphatic carbocycles. The van der Waals surface area contributed by atoms with Gasteiger partial charge in [-0.15, -0.1) is 0 Å². The third-order valence-electron chi connectivity index (χ3n) is 3.69. The first-order valence-electron chi connectivity index (χ1n) is 6.32. The molecule has 2 aliphatic heterocycles. The normalized spacial score (nSPS) is 33.8. The Bertz CT molecular complexity index is 350. The summed E-state index contributed by atoms with van der Waals surface area (Å²) in [6.45, 7) is 2.09. The van der Waals surface area contributed by atoms with Crippen LogP contribution >= 0.6 is 11.8 Å². The first-order chi connectivity index (χ1) is 8.55. The molecule has 2 amide bonds. The number of amides is 2. The number of carbonyl (C=O) groups is 2. The summed E-state index contributed by atoms with van der Waals surface area (Å²) in [4.78, 5) is 22.4. The minimum Gasteiger partial charge on any atom is -0.469 e. The van der Waals surface area contributed by atoms with Crippen molar-refractivity contribution in [3.8, 4) is 0 Å². The second kappa shape index (κ2) is 5.38. The van der Waals surface area contributed by atoms with Crippen LogP contribution in [0.5, 0.6) is 0 Å². The molecule has 2 fully saturated rings. The number of hydrogen-bond donors (Lipinski definition) is 2. The number of unbranched alkanes of at least 4 members (excludes halogenated alkanes) is 1. The number of fused-ring (bicyclic) bond motifs is 1. The van der Waals surface area contributed by atoms with Gasteiger partial charge in [-0.2, -0.15) is 11.8 Å². The Morgan fingerprint density at radius 3 is 3.06 bits per heavy atom. The molecule has 18 heavy (non-hydrogen) atoms. The van der Waals surface area contributed by atoms with Gasteiger partial charge in [0.25, 0.3) is 0 Å². The summed E-state index contributed by atoms with van der Waals surface area (Å²) in [5.41, 5.74) is -0.102. The molecule has 0 aromatic heterocycles. The van der Waals surface area contributed by atoms with Gasteiger partial charge in [0.15, 0.2) is 0 Å². The van der Waals surface area contributed by atoms with Gasteiger partial charge >= 0.3 is 12.0 Å². The number of hydrogen-bond acceptors (Lipinski definition) is 4. The van der Waals surface area contributed by atoms with Gasteiger partial charge in [0, 0.05) is 17.4 Å². The summed E-state index contributed by atoms with van der Waals surface area (Å²) in [7, 11) is 1.42. The molecule has 3 atom stereocenters. The molecule has 0 aromatic carbocycles. The Morgan fingerprint density at radius 1 is 1.56 bits per heavy atom. The summed E-state index contributed by atoms with van der Waals surface area (Å²) in [6, 6.07) is 0.162. The lowest BCUT2D eigenvalue weighted by Crippen LogP contribution is -2.47. The van der Waals surface area contributed by atoms with E-state index in [1.165, 1.54) is 7.11 Å². The van der Waals surface area contributed by atoms with Crippen molar-refractivity contribution in [1.29, 1.82) is 0 Å². The minimum absolute atomic E-state index is 0.0534. The van der Waals surface area contributed by atoms with Crippen molar-refractivity contribution >= 4 is 23.8 Å². The highest BCUT2D eigenvalue weighted by molar-refractivity contribution is 8.00. The van der Waals surface area contributed by atoms with E-state index in [9.17, 15) is 9.59 Å². The Hall–Kier alpha value is -0.910. The topological polar surface area (TPSA) is 67.4 Å². The van der Waals surface area contributed by atoms with Gasteiger partial charge in [-0.3, -0.25) is 4.79 Å². The summed E-state index contributed by atoms with van der Waals surface area (Å²) in [5, 5.41) is 6.45. The van der Waals surface area contributed by atoms with Crippen LogP contribution in [0.3, 0.4) is 0 Å². The fourth-order valence-corrected chi connectivity index (χ4v) is 4.35. The maximum Gasteiger partial charge on any atom is 0.315 e. The van der Waals surface area contributed by atoms with E-state index >= 15 is 0 Å². The second-order valence-corrected chi connectivity index (χ2v) is 6.39. The molecule has 0 spiro atoms. The van der Waals surface area contributed by atoms with E-state index in [4.69, 9.17) is 0 Å². The van der Waals surface area contributed by atoms with Crippen LogP contribution in [0.15, 0.2) is 0 Å². The van der Waals surface area contributed by atoms with Gasteiger partial charge in [-0.25, -0.2) is 4.79 Å². The van der Waals surface area contributed by atoms with Gasteiger partial charge in [0.05, 0.1) is 18.7 Å². The number of esters is 1. The predicted octanol–water partition coefficient (Wildman–Crippen LogP) is 1.28. The molecule has 5 nitrogen and oxygen atoms in total. The largest absolute Gasteiger partial charge is 0.469 e. The Labute approximate surface area is 111 Å². The predicted molar refractivity (Wildman–Crippen MR) is 70.6 cm³/mol. The van der Waals surface area contributed by atoms with E-state index in [2.05, 4.69) is 22.3 Å². The van der Waals surface area contributed by atoms with Crippen molar-refractivity contribution in [2.24, 2.45) is 0 Å². The summed E-state index contributed by atoms with van der Waals surface area (Å²) >= 11 is 1.91. The third kappa shape index (κ3) is 2.74. The molecule has 2 aliphatic rings. The minimum atomic E-state index is -0.144. The number of methoxy groups -OCH3 is 1. The zero-order valence-corrected chi connectivity index (χ0v) is 11.6. The number of nitrogens with one attached hydrogen (secondary N) is 2. The first-order valence-corrected chi connectivity index (χ1v) is 7.37. The van der Waals surface area contributed by atoms with Crippen LogP contribution in [0.2, 0.25) is 0 Å². The van der Waals surface area contributed by atoms with Crippen LogP contribution in [-0.2, 0) is 9.53 Å². The van der Waals surface area contributed by atoms with Crippen molar-refractivity contribution in [2.45, 2.75) is 49.4 Å². The van der Waals surface area contributed by atoms with Crippen molar-refractivity contribution in [2.75, 3.05) is 12.9 Å². The highest BCUT2D eigenvalue weighted by Gasteiger charge is 2.51. The zero-order valence-electron chi connectivity index (χ0n) is 10.8. The van der Waals surface area contributed by atoms with Crippen LogP contribution in [0.4, 0.5) is 4.79 Å². The van der Waals surface area contributed by atoms with Crippen LogP contribution in [0, 0.1) is 0 Å². The van der Waals surface area contributed by atoms with E-state index in [0.29, 0.717) is 11.7 Å². The molecular weight excluding hydrogens is 252 g/mol. The Kier molecular flexibility index (Phi) is 4.04. The molecule has 102 valence electrons. The van der Waals surface area contributed by atoms with Crippen molar-refractivity contribution < 1.29 is 14.3 Å². The standard InChI is InChI=1S/C12H20N2O3S/c1-12-7-18-8(10(12)13-11(16)14-12)5-3-4-6-9(15)17-2/h8,10H,3-7H2,1-2H3,(H2,13,14,16)/t8?,10-,12+/m1/s1. The molecule has 2 rings (SSSR count). The number of carbonyl (C=O) groups excluding carboxylic acids is 2. The van der Waals surface area contributed by atoms with Crippen LogP contribution in [-0.4, -0.2) is 41.7 Å². The van der Waals surface area contributed by atoms with Crippen molar-refractivity contribution in [3.63, 3.8) is 0 Å². The number of rotatable bonds is 5. The lowest BCUT2D eigenvalue weighted by Gasteiger charge is -2.23. The average molecular weight is 272 g/mol. The second-order valence-electron chi connectivity index (χ2n) is 5.16. The van der Waals surface area contributed by atoms with Gasteiger partial charge in [0.1, 0.15) is 0 Å². The molecular formula is C12H20N2O3S. The highest BCUT2D eigenvalue weighted by atomic mass is 32.2. The highest BCUT2D eigenvalue weighted by Crippen LogP contribution is 2.39. The zero-order chi connectivity index (χ0) is 13.2. The van der Waals surface area contributed by atoms with Gasteiger partial charge in [-0.05, 0) is 19.8 Å². The van der Waals surface area contributed by atoms with Crippen molar-refractivity contribution in [1.82, 2.24) is 10.6 Å². The molecule has 6 heteroatoms. The van der Waals surface area contributed by atoms with E-state index in [1.807, 2.05) is 11.8 Å². The number of ether oxygens (including phenoxy) is 1. The van der Waals surface area contributed by atoms with E-state index < -0.39 is 0 Å². The molecule has 1 unspecified atom stereocenters. The monoisotopic (exact) mass is 272 g/mol. The van der Waals surface area contributed by atoms with Crippen LogP contribution in [0.25, 0.3) is 0 Å². The fraction of sp³-hybridized carbons (Fsp3) is 0.833. The molecule has 0 saturated carbocycles. The molecule has 0 radical (unpaired) electrons. The van der Waals surface area contributed by atoms with Crippen LogP contribution in [0.1, 0.15) is 32.6 Å². The maximum absolute atomic E-state index is 11.4. The van der Waals surface area contributed by atoms with Crippen molar-refractivity contribution in [3.05, 3.63) is 0 Å². The average Bonchev–Trinajstić information content (AvgIpc) is 2.77. The number of thioether (sulfide) groups is 1. The fourth-order valence-electron chi connectivity index (χ4n) is 2.65. The summed E-state index contributed by atoms with van der Waals surface area (Å²) in [5.74, 6) is 0.813. The molecule has 2 heterocycles. The Balaban J connectivity index is 1.74. The quantitative estimate of drug-likeness (QED) is 0.449. The smallest absolute Gasteiger partial charge is 0.315 e. The Morgan fingerprint density at radius 2 is 2.33 bits per heavy atom. The molecule has 0 bridgehead atoms. The lowest BCUT2D eigenvalue weighted by atomic mass is 9.92. The third-order valence-corrected chi connectivity index (χ3v) is 5.39. The van der Waals surface area contributed by atoms with Crippen LogP contribution < -0.4 is 10.6 Å². The maximum atomic E-state index is 11.4. The molecule has 0 aromatic rings. The number of urea groups is 1. The molecule has 2 saturated heterocycles. The molecule has 2 N–H and O–H groups in total. The van der Waals surface area contributed by atoms with E-state index in [0.717, 1.165) is 25.0 Å². The van der Waals surface area contributed by atoms with Gasteiger partial charge < -0.3 is 15.4 Å². The van der Waals surface area contributed by atoms with Gasteiger partial charge in [-0.1, -0.05) is 6.42 Å². The summed E-state index contributed by atoms with van der Waals surface area (Å²) < 4.78 is 4.61. The summed E-state index contributed by atoms with van der Waals surface area (Å²) in [6.07, 6.45) is 3.37. The SMILES string of the molecule is COC(=O)CCCCC1SC[C@]2(C)NC(=O)N[C@H]12. The van der Waals surface area contributed by atoms with Gasteiger partial charge in [0.2, 0.25) is 0 Å². The van der Waals surface area contributed by atoms with E-state index in [-0.39, 0.29) is 23.6 Å². The first kappa shape index (κ1) is 13.5.